The molecule has 6 nitrogen and oxygen atoms in total. The first-order valence-electron chi connectivity index (χ1n) is 6.28. The normalized spacial score (nSPS) is 20.6. The molecule has 96 valence electrons. The maximum absolute atomic E-state index is 5.26. The zero-order chi connectivity index (χ0) is 12.1. The molecule has 1 fully saturated rings. The van der Waals surface area contributed by atoms with Crippen LogP contribution in [-0.2, 0) is 0 Å². The third kappa shape index (κ3) is 3.09. The smallest absolute Gasteiger partial charge is 0.337 e. The van der Waals surface area contributed by atoms with Gasteiger partial charge in [-0.1, -0.05) is 0 Å². The molecule has 1 unspecified atom stereocenters. The minimum Gasteiger partial charge on any atom is -0.463 e. The molecule has 1 atom stereocenters. The van der Waals surface area contributed by atoms with Crippen molar-refractivity contribution in [3.05, 3.63) is 0 Å². The largest absolute Gasteiger partial charge is 0.463 e. The van der Waals surface area contributed by atoms with E-state index in [1.54, 1.807) is 0 Å². The number of H-pyrrole nitrogens is 1. The van der Waals surface area contributed by atoms with Gasteiger partial charge in [0.25, 0.3) is 0 Å². The van der Waals surface area contributed by atoms with E-state index in [0.29, 0.717) is 18.5 Å². The first-order valence-corrected chi connectivity index (χ1v) is 6.28. The lowest BCUT2D eigenvalue weighted by Crippen LogP contribution is -2.39. The number of aromatic amines is 1. The van der Waals surface area contributed by atoms with Crippen LogP contribution in [-0.4, -0.2) is 48.5 Å². The Morgan fingerprint density at radius 2 is 2.47 bits per heavy atom. The number of hydrogen-bond acceptors (Lipinski definition) is 5. The van der Waals surface area contributed by atoms with E-state index in [0.717, 1.165) is 25.6 Å². The minimum absolute atomic E-state index is 0.443. The molecule has 0 bridgehead atoms. The summed E-state index contributed by atoms with van der Waals surface area (Å²) < 4.78 is 5.26. The zero-order valence-electron chi connectivity index (χ0n) is 10.6. The van der Waals surface area contributed by atoms with Crippen molar-refractivity contribution < 1.29 is 4.74 Å². The van der Waals surface area contributed by atoms with Crippen molar-refractivity contribution in [3.8, 4) is 6.01 Å². The van der Waals surface area contributed by atoms with Crippen molar-refractivity contribution in [2.45, 2.75) is 19.8 Å². The molecule has 2 N–H and O–H groups in total. The van der Waals surface area contributed by atoms with Gasteiger partial charge in [0, 0.05) is 13.1 Å². The number of nitrogens with one attached hydrogen (secondary N) is 2. The van der Waals surface area contributed by atoms with Gasteiger partial charge >= 0.3 is 6.01 Å². The second kappa shape index (κ2) is 5.86. The summed E-state index contributed by atoms with van der Waals surface area (Å²) >= 11 is 0. The summed E-state index contributed by atoms with van der Waals surface area (Å²) in [6.07, 6.45) is 2.49. The first kappa shape index (κ1) is 12.2. The van der Waals surface area contributed by atoms with Crippen LogP contribution >= 0.6 is 0 Å². The van der Waals surface area contributed by atoms with Crippen LogP contribution in [0.4, 0.5) is 5.95 Å². The highest BCUT2D eigenvalue weighted by Crippen LogP contribution is 2.20. The Balaban J connectivity index is 1.95. The summed E-state index contributed by atoms with van der Waals surface area (Å²) in [5.41, 5.74) is 0. The highest BCUT2D eigenvalue weighted by molar-refractivity contribution is 5.30. The molecule has 0 aromatic carbocycles. The summed E-state index contributed by atoms with van der Waals surface area (Å²) in [5.74, 6) is 1.52. The molecule has 1 saturated heterocycles. The average Bonchev–Trinajstić information content (AvgIpc) is 2.79. The summed E-state index contributed by atoms with van der Waals surface area (Å²) in [5, 5.41) is 10.2. The van der Waals surface area contributed by atoms with E-state index in [9.17, 15) is 0 Å². The highest BCUT2D eigenvalue weighted by atomic mass is 16.5. The summed E-state index contributed by atoms with van der Waals surface area (Å²) in [4.78, 5) is 6.59. The SMILES string of the molecule is CCOc1n[nH]c(N2CCCC(CNC)C2)n1. The number of aromatic nitrogens is 3. The molecule has 0 amide bonds. The van der Waals surface area contributed by atoms with E-state index in [1.807, 2.05) is 14.0 Å². The average molecular weight is 239 g/mol. The molecule has 6 heteroatoms. The minimum atomic E-state index is 0.443. The topological polar surface area (TPSA) is 66.1 Å². The lowest BCUT2D eigenvalue weighted by Gasteiger charge is -2.32. The van der Waals surface area contributed by atoms with E-state index in [2.05, 4.69) is 25.4 Å². The molecule has 2 rings (SSSR count). The fourth-order valence-electron chi connectivity index (χ4n) is 2.29. The van der Waals surface area contributed by atoms with Gasteiger partial charge in [0.1, 0.15) is 0 Å². The second-order valence-corrected chi connectivity index (χ2v) is 4.39. The van der Waals surface area contributed by atoms with Crippen LogP contribution in [0.25, 0.3) is 0 Å². The Kier molecular flexibility index (Phi) is 4.19. The van der Waals surface area contributed by atoms with Gasteiger partial charge in [-0.15, -0.1) is 5.10 Å². The Bertz CT molecular complexity index is 338. The summed E-state index contributed by atoms with van der Waals surface area (Å²) in [6, 6.07) is 0.443. The standard InChI is InChI=1S/C11H21N5O/c1-3-17-11-13-10(14-15-11)16-6-4-5-9(8-16)7-12-2/h9,12H,3-8H2,1-2H3,(H,13,14,15). The monoisotopic (exact) mass is 239 g/mol. The van der Waals surface area contributed by atoms with E-state index in [4.69, 9.17) is 4.74 Å². The lowest BCUT2D eigenvalue weighted by molar-refractivity contribution is 0.314. The number of ether oxygens (including phenoxy) is 1. The molecule has 0 saturated carbocycles. The fraction of sp³-hybridized carbons (Fsp3) is 0.818. The van der Waals surface area contributed by atoms with Gasteiger partial charge in [0.05, 0.1) is 6.61 Å². The van der Waals surface area contributed by atoms with Gasteiger partial charge in [-0.25, -0.2) is 5.10 Å². The molecule has 1 aromatic rings. The van der Waals surface area contributed by atoms with Gasteiger partial charge in [-0.3, -0.25) is 0 Å². The Morgan fingerprint density at radius 3 is 3.24 bits per heavy atom. The quantitative estimate of drug-likeness (QED) is 0.789. The predicted octanol–water partition coefficient (Wildman–Crippen LogP) is 0.639. The zero-order valence-corrected chi connectivity index (χ0v) is 10.6. The van der Waals surface area contributed by atoms with Gasteiger partial charge in [0.15, 0.2) is 0 Å². The van der Waals surface area contributed by atoms with Crippen LogP contribution in [0.5, 0.6) is 6.01 Å². The molecular weight excluding hydrogens is 218 g/mol. The van der Waals surface area contributed by atoms with Crippen LogP contribution in [0.2, 0.25) is 0 Å². The van der Waals surface area contributed by atoms with Gasteiger partial charge in [-0.2, -0.15) is 4.98 Å². The highest BCUT2D eigenvalue weighted by Gasteiger charge is 2.21. The van der Waals surface area contributed by atoms with Crippen molar-refractivity contribution in [2.24, 2.45) is 5.92 Å². The van der Waals surface area contributed by atoms with Gasteiger partial charge in [0.2, 0.25) is 5.95 Å². The van der Waals surface area contributed by atoms with E-state index in [-0.39, 0.29) is 0 Å². The summed E-state index contributed by atoms with van der Waals surface area (Å²) in [7, 11) is 2.00. The molecule has 1 aliphatic heterocycles. The Labute approximate surface area is 102 Å². The van der Waals surface area contributed by atoms with Crippen LogP contribution in [0.3, 0.4) is 0 Å². The maximum Gasteiger partial charge on any atom is 0.337 e. The lowest BCUT2D eigenvalue weighted by atomic mass is 9.98. The third-order valence-corrected chi connectivity index (χ3v) is 3.04. The molecule has 1 aliphatic rings. The molecule has 2 heterocycles. The molecule has 0 spiro atoms. The van der Waals surface area contributed by atoms with Crippen LogP contribution in [0.1, 0.15) is 19.8 Å². The Morgan fingerprint density at radius 1 is 1.59 bits per heavy atom. The van der Waals surface area contributed by atoms with Crippen molar-refractivity contribution in [1.29, 1.82) is 0 Å². The summed E-state index contributed by atoms with van der Waals surface area (Å²) in [6.45, 7) is 5.66. The van der Waals surface area contributed by atoms with Crippen LogP contribution in [0.15, 0.2) is 0 Å². The number of rotatable bonds is 5. The van der Waals surface area contributed by atoms with Crippen LogP contribution < -0.4 is 15.0 Å². The van der Waals surface area contributed by atoms with Crippen molar-refractivity contribution >= 4 is 5.95 Å². The number of hydrogen-bond donors (Lipinski definition) is 2. The van der Waals surface area contributed by atoms with Crippen LogP contribution in [0, 0.1) is 5.92 Å². The number of piperidine rings is 1. The number of anilines is 1. The second-order valence-electron chi connectivity index (χ2n) is 4.39. The third-order valence-electron chi connectivity index (χ3n) is 3.04. The molecule has 0 radical (unpaired) electrons. The fourth-order valence-corrected chi connectivity index (χ4v) is 2.29. The van der Waals surface area contributed by atoms with E-state index < -0.39 is 0 Å². The number of nitrogens with zero attached hydrogens (tertiary/aromatic N) is 3. The molecular formula is C11H21N5O. The maximum atomic E-state index is 5.26. The Hall–Kier alpha value is -1.30. The molecule has 1 aromatic heterocycles. The first-order chi connectivity index (χ1) is 8.33. The van der Waals surface area contributed by atoms with Crippen molar-refractivity contribution in [2.75, 3.05) is 38.2 Å². The van der Waals surface area contributed by atoms with E-state index >= 15 is 0 Å². The molecule has 0 aliphatic carbocycles. The predicted molar refractivity (Wildman–Crippen MR) is 66.4 cm³/mol. The molecule has 17 heavy (non-hydrogen) atoms. The van der Waals surface area contributed by atoms with Gasteiger partial charge in [-0.05, 0) is 39.3 Å². The van der Waals surface area contributed by atoms with Crippen molar-refractivity contribution in [1.82, 2.24) is 20.5 Å². The van der Waals surface area contributed by atoms with E-state index in [1.165, 1.54) is 12.8 Å². The van der Waals surface area contributed by atoms with Gasteiger partial charge < -0.3 is 15.0 Å². The van der Waals surface area contributed by atoms with Crippen molar-refractivity contribution in [3.63, 3.8) is 0 Å².